The number of hydrogen-bond acceptors (Lipinski definition) is 5. The van der Waals surface area contributed by atoms with Crippen molar-refractivity contribution < 1.29 is 9.57 Å². The second kappa shape index (κ2) is 9.81. The van der Waals surface area contributed by atoms with Gasteiger partial charge in [-0.1, -0.05) is 55.3 Å². The summed E-state index contributed by atoms with van der Waals surface area (Å²) in [4.78, 5) is 8.26. The highest BCUT2D eigenvalue weighted by Gasteiger charge is 2.24. The number of benzene rings is 2. The Balaban J connectivity index is 1.28. The number of ether oxygens (including phenoxy) is 1. The predicted molar refractivity (Wildman–Crippen MR) is 118 cm³/mol. The van der Waals surface area contributed by atoms with Gasteiger partial charge in [-0.2, -0.15) is 0 Å². The molecule has 2 aromatic rings. The summed E-state index contributed by atoms with van der Waals surface area (Å²) in [5.41, 5.74) is 6.55. The van der Waals surface area contributed by atoms with Gasteiger partial charge in [0.1, 0.15) is 11.9 Å². The fourth-order valence-corrected chi connectivity index (χ4v) is 4.24. The number of nitrogens with one attached hydrogen (secondary N) is 2. The zero-order valence-corrected chi connectivity index (χ0v) is 17.1. The highest BCUT2D eigenvalue weighted by Crippen LogP contribution is 2.31. The smallest absolute Gasteiger partial charge is 0.142 e. The molecule has 0 radical (unpaired) electrons. The lowest BCUT2D eigenvalue weighted by molar-refractivity contribution is 0.0452. The summed E-state index contributed by atoms with van der Waals surface area (Å²) in [6.07, 6.45) is 6.91. The molecule has 0 aliphatic carbocycles. The Bertz CT molecular complexity index is 809. The van der Waals surface area contributed by atoms with E-state index in [4.69, 9.17) is 9.57 Å². The molecule has 2 N–H and O–H groups in total. The monoisotopic (exact) mass is 393 g/mol. The van der Waals surface area contributed by atoms with Crippen molar-refractivity contribution in [3.63, 3.8) is 0 Å². The second-order valence-electron chi connectivity index (χ2n) is 7.71. The van der Waals surface area contributed by atoms with E-state index in [1.807, 2.05) is 12.1 Å². The van der Waals surface area contributed by atoms with Gasteiger partial charge in [-0.3, -0.25) is 10.3 Å². The molecular formula is C24H31N3O2. The average molecular weight is 394 g/mol. The highest BCUT2D eigenvalue weighted by molar-refractivity contribution is 5.64. The topological polar surface area (TPSA) is 45.8 Å². The molecule has 0 saturated carbocycles. The van der Waals surface area contributed by atoms with Gasteiger partial charge in [0.25, 0.3) is 0 Å². The van der Waals surface area contributed by atoms with Crippen LogP contribution in [0.4, 0.5) is 5.69 Å². The van der Waals surface area contributed by atoms with Crippen molar-refractivity contribution in [2.24, 2.45) is 0 Å². The zero-order chi connectivity index (χ0) is 19.9. The van der Waals surface area contributed by atoms with Crippen LogP contribution in [-0.2, 0) is 4.84 Å². The van der Waals surface area contributed by atoms with Crippen LogP contribution in [-0.4, -0.2) is 38.9 Å². The molecule has 154 valence electrons. The summed E-state index contributed by atoms with van der Waals surface area (Å²) in [6.45, 7) is 3.06. The van der Waals surface area contributed by atoms with E-state index in [0.29, 0.717) is 6.04 Å². The van der Waals surface area contributed by atoms with E-state index in [-0.39, 0.29) is 6.10 Å². The van der Waals surface area contributed by atoms with Crippen LogP contribution in [0, 0.1) is 0 Å². The SMILES string of the molecule is COc1ccccc1N1CCNCC1CCCCC1C=C(c2ccccc2)NO1. The molecule has 1 fully saturated rings. The molecule has 0 aromatic heterocycles. The lowest BCUT2D eigenvalue weighted by Gasteiger charge is -2.38. The molecule has 2 unspecified atom stereocenters. The summed E-state index contributed by atoms with van der Waals surface area (Å²) < 4.78 is 5.59. The Morgan fingerprint density at radius 2 is 1.83 bits per heavy atom. The van der Waals surface area contributed by atoms with E-state index in [1.165, 1.54) is 24.1 Å². The minimum Gasteiger partial charge on any atom is -0.495 e. The molecule has 2 aliphatic rings. The van der Waals surface area contributed by atoms with Gasteiger partial charge in [0.05, 0.1) is 18.5 Å². The number of hydrogen-bond donors (Lipinski definition) is 2. The number of nitrogens with zero attached hydrogens (tertiary/aromatic N) is 1. The van der Waals surface area contributed by atoms with Gasteiger partial charge in [0.15, 0.2) is 0 Å². The van der Waals surface area contributed by atoms with Crippen molar-refractivity contribution in [2.45, 2.75) is 37.8 Å². The maximum absolute atomic E-state index is 5.75. The first-order valence-corrected chi connectivity index (χ1v) is 10.6. The number of methoxy groups -OCH3 is 1. The number of piperazine rings is 1. The largest absolute Gasteiger partial charge is 0.495 e. The molecule has 2 aromatic carbocycles. The van der Waals surface area contributed by atoms with E-state index in [9.17, 15) is 0 Å². The summed E-state index contributed by atoms with van der Waals surface area (Å²) >= 11 is 0. The third-order valence-corrected chi connectivity index (χ3v) is 5.78. The number of unbranched alkanes of at least 4 members (excludes halogenated alkanes) is 1. The van der Waals surface area contributed by atoms with E-state index >= 15 is 0 Å². The van der Waals surface area contributed by atoms with Gasteiger partial charge in [0, 0.05) is 25.7 Å². The maximum Gasteiger partial charge on any atom is 0.142 e. The molecule has 29 heavy (non-hydrogen) atoms. The van der Waals surface area contributed by atoms with Gasteiger partial charge in [-0.05, 0) is 36.6 Å². The van der Waals surface area contributed by atoms with Crippen molar-refractivity contribution >= 4 is 11.4 Å². The average Bonchev–Trinajstić information content (AvgIpc) is 3.27. The van der Waals surface area contributed by atoms with E-state index < -0.39 is 0 Å². The lowest BCUT2D eigenvalue weighted by Crippen LogP contribution is -2.51. The van der Waals surface area contributed by atoms with Gasteiger partial charge >= 0.3 is 0 Å². The minimum absolute atomic E-state index is 0.153. The van der Waals surface area contributed by atoms with Crippen LogP contribution < -0.4 is 20.4 Å². The van der Waals surface area contributed by atoms with Crippen molar-refractivity contribution in [3.8, 4) is 5.75 Å². The molecule has 1 saturated heterocycles. The first kappa shape index (κ1) is 19.8. The first-order valence-electron chi connectivity index (χ1n) is 10.6. The van der Waals surface area contributed by atoms with Crippen LogP contribution in [0.5, 0.6) is 5.75 Å². The maximum atomic E-state index is 5.75. The Hall–Kier alpha value is -2.50. The van der Waals surface area contributed by atoms with Crippen molar-refractivity contribution in [1.29, 1.82) is 0 Å². The number of para-hydroxylation sites is 2. The molecule has 2 atom stereocenters. The minimum atomic E-state index is 0.153. The quantitative estimate of drug-likeness (QED) is 0.665. The molecule has 0 bridgehead atoms. The molecule has 0 spiro atoms. The molecule has 2 heterocycles. The molecule has 5 heteroatoms. The van der Waals surface area contributed by atoms with Gasteiger partial charge in [-0.15, -0.1) is 0 Å². The number of anilines is 1. The standard InChI is InChI=1S/C24H31N3O2/c1-28-24-14-8-7-13-23(24)27-16-15-25-18-20(27)11-5-6-12-21-17-22(26-29-21)19-9-3-2-4-10-19/h2-4,7-10,13-14,17,20-21,25-26H,5-6,11-12,15-16,18H2,1H3. The van der Waals surface area contributed by atoms with E-state index in [2.05, 4.69) is 64.2 Å². The normalized spacial score (nSPS) is 21.6. The summed E-state index contributed by atoms with van der Waals surface area (Å²) in [5, 5.41) is 3.55. The van der Waals surface area contributed by atoms with Crippen LogP contribution in [0.1, 0.15) is 31.2 Å². The summed E-state index contributed by atoms with van der Waals surface area (Å²) in [7, 11) is 1.75. The number of hydroxylamine groups is 1. The highest BCUT2D eigenvalue weighted by atomic mass is 16.7. The number of rotatable bonds is 8. The van der Waals surface area contributed by atoms with E-state index in [1.54, 1.807) is 7.11 Å². The van der Waals surface area contributed by atoms with Gasteiger partial charge in [0.2, 0.25) is 0 Å². The van der Waals surface area contributed by atoms with Gasteiger partial charge < -0.3 is 15.0 Å². The molecule has 0 amide bonds. The fraction of sp³-hybridized carbons (Fsp3) is 0.417. The Morgan fingerprint density at radius 3 is 2.69 bits per heavy atom. The fourth-order valence-electron chi connectivity index (χ4n) is 4.24. The summed E-state index contributed by atoms with van der Waals surface area (Å²) in [6, 6.07) is 19.2. The van der Waals surface area contributed by atoms with E-state index in [0.717, 1.165) is 43.9 Å². The third-order valence-electron chi connectivity index (χ3n) is 5.78. The Labute approximate surface area is 173 Å². The first-order chi connectivity index (χ1) is 14.3. The summed E-state index contributed by atoms with van der Waals surface area (Å²) in [5.74, 6) is 0.961. The molecule has 2 aliphatic heterocycles. The van der Waals surface area contributed by atoms with Crippen molar-refractivity contribution in [3.05, 3.63) is 66.2 Å². The molecule has 4 rings (SSSR count). The van der Waals surface area contributed by atoms with Gasteiger partial charge in [-0.25, -0.2) is 0 Å². The molecule has 5 nitrogen and oxygen atoms in total. The third kappa shape index (κ3) is 4.92. The molecular weight excluding hydrogens is 362 g/mol. The van der Waals surface area contributed by atoms with Crippen LogP contribution in [0.15, 0.2) is 60.7 Å². The zero-order valence-electron chi connectivity index (χ0n) is 17.1. The van der Waals surface area contributed by atoms with Crippen molar-refractivity contribution in [1.82, 2.24) is 10.8 Å². The Morgan fingerprint density at radius 1 is 1.03 bits per heavy atom. The Kier molecular flexibility index (Phi) is 6.70. The van der Waals surface area contributed by atoms with Crippen molar-refractivity contribution in [2.75, 3.05) is 31.6 Å². The predicted octanol–water partition coefficient (Wildman–Crippen LogP) is 3.98. The van der Waals surface area contributed by atoms with Crippen LogP contribution in [0.25, 0.3) is 5.70 Å². The van der Waals surface area contributed by atoms with Crippen LogP contribution in [0.3, 0.4) is 0 Å². The van der Waals surface area contributed by atoms with Crippen LogP contribution >= 0.6 is 0 Å². The second-order valence-corrected chi connectivity index (χ2v) is 7.71. The van der Waals surface area contributed by atoms with Crippen LogP contribution in [0.2, 0.25) is 0 Å². The lowest BCUT2D eigenvalue weighted by atomic mass is 10.0.